The Hall–Kier alpha value is -3.78. The molecule has 2 aromatic carbocycles. The fraction of sp³-hybridized carbons (Fsp3) is 0.357. The predicted molar refractivity (Wildman–Crippen MR) is 140 cm³/mol. The van der Waals surface area contributed by atoms with Gasteiger partial charge in [-0.25, -0.2) is 4.98 Å². The van der Waals surface area contributed by atoms with Gasteiger partial charge in [0.2, 0.25) is 5.91 Å². The molecule has 4 rings (SSSR count). The van der Waals surface area contributed by atoms with Gasteiger partial charge in [-0.3, -0.25) is 19.5 Å². The Balaban J connectivity index is 1.40. The molecule has 1 aliphatic rings. The molecule has 188 valence electrons. The topological polar surface area (TPSA) is 96.5 Å². The van der Waals surface area contributed by atoms with Crippen molar-refractivity contribution in [2.45, 2.75) is 52.2 Å². The highest BCUT2D eigenvalue weighted by Gasteiger charge is 2.22. The van der Waals surface area contributed by atoms with Gasteiger partial charge in [-0.1, -0.05) is 18.2 Å². The summed E-state index contributed by atoms with van der Waals surface area (Å²) in [5, 5.41) is 5.77. The number of amides is 2. The maximum atomic E-state index is 12.7. The predicted octanol–water partition coefficient (Wildman–Crippen LogP) is 4.85. The minimum Gasteiger partial charge on any atom is -0.489 e. The molecule has 2 heterocycles. The molecule has 2 N–H and O–H groups in total. The molecule has 0 spiro atoms. The van der Waals surface area contributed by atoms with Crippen molar-refractivity contribution in [3.8, 4) is 5.75 Å². The summed E-state index contributed by atoms with van der Waals surface area (Å²) in [5.41, 5.74) is 4.15. The van der Waals surface area contributed by atoms with E-state index >= 15 is 0 Å². The highest BCUT2D eigenvalue weighted by Crippen LogP contribution is 2.35. The van der Waals surface area contributed by atoms with Crippen molar-refractivity contribution in [1.82, 2.24) is 14.9 Å². The van der Waals surface area contributed by atoms with Gasteiger partial charge in [0.15, 0.2) is 0 Å². The summed E-state index contributed by atoms with van der Waals surface area (Å²) in [6, 6.07) is 14.1. The number of nitrogens with zero attached hydrogens (tertiary/aromatic N) is 3. The molecule has 8 nitrogen and oxygen atoms in total. The molecule has 0 saturated carbocycles. The zero-order valence-corrected chi connectivity index (χ0v) is 21.0. The van der Waals surface area contributed by atoms with Crippen molar-refractivity contribution in [1.29, 1.82) is 0 Å². The van der Waals surface area contributed by atoms with Crippen LogP contribution in [0.2, 0.25) is 0 Å². The number of carbonyl (C=O) groups excluding carboxylic acids is 2. The fourth-order valence-corrected chi connectivity index (χ4v) is 4.44. The van der Waals surface area contributed by atoms with Crippen LogP contribution < -0.4 is 15.4 Å². The van der Waals surface area contributed by atoms with Crippen molar-refractivity contribution in [3.05, 3.63) is 77.9 Å². The fourth-order valence-electron chi connectivity index (χ4n) is 4.44. The van der Waals surface area contributed by atoms with Crippen LogP contribution in [0.4, 0.5) is 11.4 Å². The number of rotatable bonds is 8. The lowest BCUT2D eigenvalue weighted by molar-refractivity contribution is -0.114. The number of anilines is 2. The lowest BCUT2D eigenvalue weighted by atomic mass is 9.89. The summed E-state index contributed by atoms with van der Waals surface area (Å²) in [7, 11) is 0. The molecule has 1 aromatic heterocycles. The number of hydrogen-bond acceptors (Lipinski definition) is 6. The first-order chi connectivity index (χ1) is 17.4. The summed E-state index contributed by atoms with van der Waals surface area (Å²) in [4.78, 5) is 34.5. The van der Waals surface area contributed by atoms with Crippen molar-refractivity contribution < 1.29 is 14.3 Å². The molecule has 1 fully saturated rings. The zero-order valence-electron chi connectivity index (χ0n) is 21.0. The van der Waals surface area contributed by atoms with Crippen LogP contribution in [0.3, 0.4) is 0 Å². The molecular formula is C28H33N5O3. The van der Waals surface area contributed by atoms with Crippen molar-refractivity contribution in [2.24, 2.45) is 0 Å². The lowest BCUT2D eigenvalue weighted by Crippen LogP contribution is -2.32. The first-order valence-electron chi connectivity index (χ1n) is 12.3. The van der Waals surface area contributed by atoms with Crippen LogP contribution in [0.1, 0.15) is 61.1 Å². The van der Waals surface area contributed by atoms with E-state index in [1.54, 1.807) is 0 Å². The van der Waals surface area contributed by atoms with Crippen LogP contribution in [0.15, 0.2) is 61.1 Å². The highest BCUT2D eigenvalue weighted by molar-refractivity contribution is 6.03. The second-order valence-electron chi connectivity index (χ2n) is 9.40. The number of benzene rings is 2. The van der Waals surface area contributed by atoms with Crippen LogP contribution >= 0.6 is 0 Å². The molecule has 36 heavy (non-hydrogen) atoms. The van der Waals surface area contributed by atoms with E-state index < -0.39 is 0 Å². The molecule has 2 amide bonds. The van der Waals surface area contributed by atoms with Gasteiger partial charge in [0, 0.05) is 31.5 Å². The number of ether oxygens (including phenoxy) is 1. The average molecular weight is 488 g/mol. The Morgan fingerprint density at radius 3 is 2.44 bits per heavy atom. The molecule has 0 unspecified atom stereocenters. The standard InChI is InChI=1S/C28H33N5O3/c1-19(2)36-27-9-6-23(16-25(27)32-28(35)26-17-29-12-13-30-26)22-10-14-33(15-11-22)18-21-4-7-24(8-5-21)31-20(3)34/h4-9,12-13,16-17,19,22H,10-11,14-15,18H2,1-3H3,(H,31,34)(H,32,35). The molecule has 0 aliphatic carbocycles. The first kappa shape index (κ1) is 25.3. The van der Waals surface area contributed by atoms with Gasteiger partial charge in [0.1, 0.15) is 11.4 Å². The van der Waals surface area contributed by atoms with Gasteiger partial charge < -0.3 is 15.4 Å². The molecule has 0 atom stereocenters. The number of likely N-dealkylation sites (tertiary alicyclic amines) is 1. The van der Waals surface area contributed by atoms with Crippen molar-refractivity contribution in [2.75, 3.05) is 23.7 Å². The zero-order chi connectivity index (χ0) is 25.5. The van der Waals surface area contributed by atoms with Crippen LogP contribution in [-0.2, 0) is 11.3 Å². The molecule has 0 bridgehead atoms. The van der Waals surface area contributed by atoms with Crippen LogP contribution in [-0.4, -0.2) is 45.9 Å². The average Bonchev–Trinajstić information content (AvgIpc) is 2.87. The minimum absolute atomic E-state index is 0.0152. The van der Waals surface area contributed by atoms with Gasteiger partial charge in [0.05, 0.1) is 18.0 Å². The van der Waals surface area contributed by atoms with E-state index in [9.17, 15) is 9.59 Å². The summed E-state index contributed by atoms with van der Waals surface area (Å²) in [6.45, 7) is 8.30. The monoisotopic (exact) mass is 487 g/mol. The second-order valence-corrected chi connectivity index (χ2v) is 9.40. The summed E-state index contributed by atoms with van der Waals surface area (Å²) in [6.07, 6.45) is 6.54. The van der Waals surface area contributed by atoms with Gasteiger partial charge in [0.25, 0.3) is 5.91 Å². The molecule has 3 aromatic rings. The Labute approximate surface area is 212 Å². The highest BCUT2D eigenvalue weighted by atomic mass is 16.5. The van der Waals surface area contributed by atoms with E-state index in [-0.39, 0.29) is 23.6 Å². The summed E-state index contributed by atoms with van der Waals surface area (Å²) >= 11 is 0. The first-order valence-corrected chi connectivity index (χ1v) is 12.3. The Morgan fingerprint density at radius 2 is 1.81 bits per heavy atom. The third kappa shape index (κ3) is 6.88. The molecular weight excluding hydrogens is 454 g/mol. The number of carbonyl (C=O) groups is 2. The Morgan fingerprint density at radius 1 is 1.06 bits per heavy atom. The summed E-state index contributed by atoms with van der Waals surface area (Å²) < 4.78 is 5.96. The molecule has 0 radical (unpaired) electrons. The number of hydrogen-bond donors (Lipinski definition) is 2. The number of piperidine rings is 1. The van der Waals surface area contributed by atoms with E-state index in [0.29, 0.717) is 17.4 Å². The number of aromatic nitrogens is 2. The molecule has 1 saturated heterocycles. The van der Waals surface area contributed by atoms with Crippen molar-refractivity contribution >= 4 is 23.2 Å². The van der Waals surface area contributed by atoms with Gasteiger partial charge in [-0.05, 0) is 81.1 Å². The van der Waals surface area contributed by atoms with E-state index in [4.69, 9.17) is 4.74 Å². The molecule has 1 aliphatic heterocycles. The lowest BCUT2D eigenvalue weighted by Gasteiger charge is -2.32. The van der Waals surface area contributed by atoms with Crippen molar-refractivity contribution in [3.63, 3.8) is 0 Å². The summed E-state index contributed by atoms with van der Waals surface area (Å²) in [5.74, 6) is 0.674. The SMILES string of the molecule is CC(=O)Nc1ccc(CN2CCC(c3ccc(OC(C)C)c(NC(=O)c4cnccn4)c3)CC2)cc1. The van der Waals surface area contributed by atoms with Crippen LogP contribution in [0.25, 0.3) is 0 Å². The Bertz CT molecular complexity index is 1170. The number of nitrogens with one attached hydrogen (secondary N) is 2. The normalized spacial score (nSPS) is 14.4. The third-order valence-corrected chi connectivity index (χ3v) is 6.15. The van der Waals surface area contributed by atoms with Gasteiger partial charge >= 0.3 is 0 Å². The maximum Gasteiger partial charge on any atom is 0.275 e. The van der Waals surface area contributed by atoms with Gasteiger partial charge in [-0.2, -0.15) is 0 Å². The van der Waals surface area contributed by atoms with Crippen LogP contribution in [0.5, 0.6) is 5.75 Å². The van der Waals surface area contributed by atoms with E-state index in [1.165, 1.54) is 36.6 Å². The van der Waals surface area contributed by atoms with E-state index in [0.717, 1.165) is 38.2 Å². The van der Waals surface area contributed by atoms with Gasteiger partial charge in [-0.15, -0.1) is 0 Å². The van der Waals surface area contributed by atoms with Crippen LogP contribution in [0, 0.1) is 0 Å². The maximum absolute atomic E-state index is 12.7. The largest absolute Gasteiger partial charge is 0.489 e. The molecule has 8 heteroatoms. The minimum atomic E-state index is -0.312. The smallest absolute Gasteiger partial charge is 0.275 e. The third-order valence-electron chi connectivity index (χ3n) is 6.15. The Kier molecular flexibility index (Phi) is 8.28. The quantitative estimate of drug-likeness (QED) is 0.471. The second kappa shape index (κ2) is 11.8. The van der Waals surface area contributed by atoms with E-state index in [2.05, 4.69) is 43.7 Å². The van der Waals surface area contributed by atoms with E-state index in [1.807, 2.05) is 38.1 Å².